The van der Waals surface area contributed by atoms with Crippen molar-refractivity contribution in [3.63, 3.8) is 0 Å². The van der Waals surface area contributed by atoms with Gasteiger partial charge in [0.15, 0.2) is 5.96 Å². The minimum absolute atomic E-state index is 0. The van der Waals surface area contributed by atoms with Gasteiger partial charge < -0.3 is 24.8 Å². The molecule has 2 N–H and O–H groups in total. The summed E-state index contributed by atoms with van der Waals surface area (Å²) in [4.78, 5) is 7.30. The molecule has 0 aromatic carbocycles. The second-order valence-corrected chi connectivity index (χ2v) is 7.81. The van der Waals surface area contributed by atoms with Crippen molar-refractivity contribution >= 4 is 29.9 Å². The molecule has 0 unspecified atom stereocenters. The van der Waals surface area contributed by atoms with Gasteiger partial charge in [-0.3, -0.25) is 4.99 Å². The molecule has 1 aromatic rings. The summed E-state index contributed by atoms with van der Waals surface area (Å²) in [5.74, 6) is 2.80. The lowest BCUT2D eigenvalue weighted by molar-refractivity contribution is 0.146. The Bertz CT molecular complexity index is 573. The molecule has 2 heterocycles. The summed E-state index contributed by atoms with van der Waals surface area (Å²) in [6.45, 7) is 15.0. The van der Waals surface area contributed by atoms with Gasteiger partial charge in [0.1, 0.15) is 12.2 Å². The van der Waals surface area contributed by atoms with E-state index in [-0.39, 0.29) is 24.0 Å². The molecule has 174 valence electrons. The fraction of sp³-hybridized carbons (Fsp3) is 0.857. The summed E-state index contributed by atoms with van der Waals surface area (Å²) in [5.41, 5.74) is 0. The highest BCUT2D eigenvalue weighted by Crippen LogP contribution is 2.15. The zero-order valence-electron chi connectivity index (χ0n) is 19.1. The van der Waals surface area contributed by atoms with Crippen molar-refractivity contribution in [3.05, 3.63) is 12.2 Å². The molecule has 9 heteroatoms. The number of hydrogen-bond acceptors (Lipinski definition) is 5. The van der Waals surface area contributed by atoms with Crippen LogP contribution in [0.3, 0.4) is 0 Å². The number of nitrogens with zero attached hydrogens (tertiary/aromatic N) is 5. The van der Waals surface area contributed by atoms with Crippen LogP contribution in [-0.2, 0) is 17.7 Å². The Balaban J connectivity index is 0.00000450. The van der Waals surface area contributed by atoms with Crippen LogP contribution in [0.1, 0.15) is 52.3 Å². The molecule has 30 heavy (non-hydrogen) atoms. The summed E-state index contributed by atoms with van der Waals surface area (Å²) >= 11 is 0. The first-order chi connectivity index (χ1) is 14.2. The van der Waals surface area contributed by atoms with Gasteiger partial charge in [0.05, 0.1) is 0 Å². The second kappa shape index (κ2) is 16.7. The lowest BCUT2D eigenvalue weighted by Crippen LogP contribution is -2.41. The average Bonchev–Trinajstić information content (AvgIpc) is 3.19. The summed E-state index contributed by atoms with van der Waals surface area (Å²) in [5, 5.41) is 15.1. The van der Waals surface area contributed by atoms with E-state index in [2.05, 4.69) is 44.1 Å². The number of nitrogens with one attached hydrogen (secondary N) is 2. The fourth-order valence-corrected chi connectivity index (χ4v) is 3.51. The highest BCUT2D eigenvalue weighted by Gasteiger charge is 2.14. The van der Waals surface area contributed by atoms with Crippen molar-refractivity contribution in [3.8, 4) is 0 Å². The fourth-order valence-electron chi connectivity index (χ4n) is 3.51. The third-order valence-corrected chi connectivity index (χ3v) is 5.40. The van der Waals surface area contributed by atoms with E-state index in [0.717, 1.165) is 82.9 Å². The number of hydrogen-bond donors (Lipinski definition) is 2. The van der Waals surface area contributed by atoms with Crippen molar-refractivity contribution in [2.45, 2.75) is 59.4 Å². The maximum absolute atomic E-state index is 5.41. The molecule has 0 atom stereocenters. The topological polar surface area (TPSA) is 79.6 Å². The third-order valence-electron chi connectivity index (χ3n) is 5.40. The maximum atomic E-state index is 5.41. The minimum Gasteiger partial charge on any atom is -0.382 e. The number of guanidine groups is 1. The van der Waals surface area contributed by atoms with Gasteiger partial charge in [-0.15, -0.1) is 34.2 Å². The van der Waals surface area contributed by atoms with Crippen LogP contribution in [0, 0.1) is 5.92 Å². The number of halogens is 1. The maximum Gasteiger partial charge on any atom is 0.191 e. The van der Waals surface area contributed by atoms with Crippen molar-refractivity contribution in [1.29, 1.82) is 0 Å². The Morgan fingerprint density at radius 2 is 1.93 bits per heavy atom. The molecule has 0 aliphatic carbocycles. The van der Waals surface area contributed by atoms with E-state index in [0.29, 0.717) is 0 Å². The summed E-state index contributed by atoms with van der Waals surface area (Å²) in [7, 11) is 0. The Morgan fingerprint density at radius 3 is 2.67 bits per heavy atom. The number of rotatable bonds is 13. The van der Waals surface area contributed by atoms with Gasteiger partial charge in [0.2, 0.25) is 0 Å². The van der Waals surface area contributed by atoms with Gasteiger partial charge in [0.25, 0.3) is 0 Å². The van der Waals surface area contributed by atoms with Gasteiger partial charge in [-0.1, -0.05) is 13.8 Å². The molecule has 0 saturated carbocycles. The van der Waals surface area contributed by atoms with Gasteiger partial charge in [-0.25, -0.2) is 0 Å². The number of piperidine rings is 1. The largest absolute Gasteiger partial charge is 0.382 e. The summed E-state index contributed by atoms with van der Waals surface area (Å²) in [6, 6.07) is 0. The number of likely N-dealkylation sites (tertiary alicyclic amines) is 1. The molecule has 2 rings (SSSR count). The standard InChI is InChI=1S/C21H41N7O.HI/c1-4-20-26-25-18-28(20)16-12-24-21(23-11-7-17-29-5-2)22-10-6-13-27-14-8-19(3)9-15-27;/h18-19H,4-17H2,1-3H3,(H2,22,23,24);1H. The van der Waals surface area contributed by atoms with Crippen LogP contribution in [0.25, 0.3) is 0 Å². The first-order valence-electron chi connectivity index (χ1n) is 11.4. The molecule has 1 aliphatic heterocycles. The van der Waals surface area contributed by atoms with E-state index < -0.39 is 0 Å². The first-order valence-corrected chi connectivity index (χ1v) is 11.4. The molecule has 0 bridgehead atoms. The predicted octanol–water partition coefficient (Wildman–Crippen LogP) is 2.54. The van der Waals surface area contributed by atoms with Gasteiger partial charge >= 0.3 is 0 Å². The van der Waals surface area contributed by atoms with Crippen molar-refractivity contribution in [2.24, 2.45) is 10.9 Å². The van der Waals surface area contributed by atoms with E-state index >= 15 is 0 Å². The van der Waals surface area contributed by atoms with Gasteiger partial charge in [-0.05, 0) is 58.2 Å². The number of aryl methyl sites for hydroxylation is 1. The molecule has 0 spiro atoms. The first kappa shape index (κ1) is 27.1. The van der Waals surface area contributed by atoms with Crippen molar-refractivity contribution in [1.82, 2.24) is 30.3 Å². The summed E-state index contributed by atoms with van der Waals surface area (Å²) in [6.07, 6.45) is 7.45. The Morgan fingerprint density at radius 1 is 1.17 bits per heavy atom. The Labute approximate surface area is 199 Å². The van der Waals surface area contributed by atoms with E-state index in [1.165, 1.54) is 25.9 Å². The van der Waals surface area contributed by atoms with E-state index in [4.69, 9.17) is 9.73 Å². The molecule has 1 saturated heterocycles. The van der Waals surface area contributed by atoms with Crippen LogP contribution in [0.2, 0.25) is 0 Å². The molecule has 1 aromatic heterocycles. The SMILES string of the molecule is CCOCCCN=C(NCCCN1CCC(C)CC1)NCCn1cnnc1CC.I. The number of aromatic nitrogens is 3. The summed E-state index contributed by atoms with van der Waals surface area (Å²) < 4.78 is 7.51. The molecular formula is C21H42IN7O. The zero-order valence-corrected chi connectivity index (χ0v) is 21.4. The van der Waals surface area contributed by atoms with E-state index in [1.54, 1.807) is 6.33 Å². The van der Waals surface area contributed by atoms with Crippen LogP contribution in [0.4, 0.5) is 0 Å². The van der Waals surface area contributed by atoms with E-state index in [9.17, 15) is 0 Å². The zero-order chi connectivity index (χ0) is 20.7. The Hall–Kier alpha value is -0.940. The molecule has 8 nitrogen and oxygen atoms in total. The average molecular weight is 536 g/mol. The molecular weight excluding hydrogens is 493 g/mol. The van der Waals surface area contributed by atoms with Crippen molar-refractivity contribution < 1.29 is 4.74 Å². The monoisotopic (exact) mass is 535 g/mol. The van der Waals surface area contributed by atoms with Crippen molar-refractivity contribution in [2.75, 3.05) is 52.5 Å². The van der Waals surface area contributed by atoms with Crippen LogP contribution >= 0.6 is 24.0 Å². The molecule has 1 aliphatic rings. The lowest BCUT2D eigenvalue weighted by atomic mass is 9.99. The highest BCUT2D eigenvalue weighted by atomic mass is 127. The number of aliphatic imine (C=N–C) groups is 1. The third kappa shape index (κ3) is 10.9. The molecule has 0 amide bonds. The second-order valence-electron chi connectivity index (χ2n) is 7.81. The highest BCUT2D eigenvalue weighted by molar-refractivity contribution is 14.0. The normalized spacial score (nSPS) is 15.8. The van der Waals surface area contributed by atoms with E-state index in [1.807, 2.05) is 6.92 Å². The predicted molar refractivity (Wildman–Crippen MR) is 134 cm³/mol. The van der Waals surface area contributed by atoms with Gasteiger partial charge in [0, 0.05) is 45.8 Å². The Kier molecular flexibility index (Phi) is 15.1. The smallest absolute Gasteiger partial charge is 0.191 e. The van der Waals surface area contributed by atoms with Crippen LogP contribution in [-0.4, -0.2) is 78.1 Å². The number of ether oxygens (including phenoxy) is 1. The minimum atomic E-state index is 0. The van der Waals surface area contributed by atoms with Crippen LogP contribution < -0.4 is 10.6 Å². The lowest BCUT2D eigenvalue weighted by Gasteiger charge is -2.30. The van der Waals surface area contributed by atoms with Gasteiger partial charge in [-0.2, -0.15) is 0 Å². The quantitative estimate of drug-likeness (QED) is 0.175. The van der Waals surface area contributed by atoms with Crippen LogP contribution in [0.15, 0.2) is 11.3 Å². The van der Waals surface area contributed by atoms with Crippen LogP contribution in [0.5, 0.6) is 0 Å². The molecule has 0 radical (unpaired) electrons. The molecule has 1 fully saturated rings.